The summed E-state index contributed by atoms with van der Waals surface area (Å²) in [6.07, 6.45) is 0. The van der Waals surface area contributed by atoms with Gasteiger partial charge >= 0.3 is 0 Å². The molecule has 0 aromatic heterocycles. The van der Waals surface area contributed by atoms with E-state index < -0.39 is 0 Å². The summed E-state index contributed by atoms with van der Waals surface area (Å²) in [5.41, 5.74) is 2.42. The SMILES string of the molecule is CCNC(c1ccc(OC)cc1)c1cccc(OCC)c1. The quantitative estimate of drug-likeness (QED) is 0.839. The van der Waals surface area contributed by atoms with E-state index in [-0.39, 0.29) is 6.04 Å². The lowest BCUT2D eigenvalue weighted by Gasteiger charge is -2.20. The Labute approximate surface area is 126 Å². The zero-order valence-corrected chi connectivity index (χ0v) is 12.9. The van der Waals surface area contributed by atoms with Crippen LogP contribution >= 0.6 is 0 Å². The summed E-state index contributed by atoms with van der Waals surface area (Å²) in [7, 11) is 1.68. The molecule has 2 aromatic carbocycles. The molecule has 1 N–H and O–H groups in total. The minimum atomic E-state index is 0.154. The van der Waals surface area contributed by atoms with E-state index in [1.54, 1.807) is 7.11 Å². The van der Waals surface area contributed by atoms with E-state index in [0.29, 0.717) is 6.61 Å². The summed E-state index contributed by atoms with van der Waals surface area (Å²) in [6, 6.07) is 16.6. The smallest absolute Gasteiger partial charge is 0.119 e. The molecule has 0 saturated carbocycles. The fourth-order valence-electron chi connectivity index (χ4n) is 2.38. The molecular weight excluding hydrogens is 262 g/mol. The largest absolute Gasteiger partial charge is 0.497 e. The summed E-state index contributed by atoms with van der Waals surface area (Å²) in [6.45, 7) is 5.69. The highest BCUT2D eigenvalue weighted by Gasteiger charge is 2.13. The lowest BCUT2D eigenvalue weighted by molar-refractivity contribution is 0.339. The standard InChI is InChI=1S/C18H23NO2/c1-4-19-18(14-9-11-16(20-3)12-10-14)15-7-6-8-17(13-15)21-5-2/h6-13,18-19H,4-5H2,1-3H3. The fraction of sp³-hybridized carbons (Fsp3) is 0.333. The van der Waals surface area contributed by atoms with E-state index in [2.05, 4.69) is 36.5 Å². The maximum Gasteiger partial charge on any atom is 0.119 e. The third-order valence-electron chi connectivity index (χ3n) is 3.36. The Morgan fingerprint density at radius 3 is 2.33 bits per heavy atom. The molecule has 0 saturated heterocycles. The van der Waals surface area contributed by atoms with Crippen molar-refractivity contribution in [3.8, 4) is 11.5 Å². The van der Waals surface area contributed by atoms with Crippen molar-refractivity contribution in [3.05, 3.63) is 59.7 Å². The topological polar surface area (TPSA) is 30.5 Å². The molecule has 0 aliphatic heterocycles. The van der Waals surface area contributed by atoms with Gasteiger partial charge in [0.1, 0.15) is 11.5 Å². The monoisotopic (exact) mass is 285 g/mol. The maximum atomic E-state index is 5.60. The van der Waals surface area contributed by atoms with Crippen LogP contribution in [0.4, 0.5) is 0 Å². The lowest BCUT2D eigenvalue weighted by atomic mass is 9.98. The summed E-state index contributed by atoms with van der Waals surface area (Å²) < 4.78 is 10.8. The molecule has 21 heavy (non-hydrogen) atoms. The second kappa shape index (κ2) is 7.70. The molecule has 3 heteroatoms. The van der Waals surface area contributed by atoms with Crippen molar-refractivity contribution in [2.75, 3.05) is 20.3 Å². The highest BCUT2D eigenvalue weighted by Crippen LogP contribution is 2.26. The van der Waals surface area contributed by atoms with Crippen molar-refractivity contribution in [3.63, 3.8) is 0 Å². The summed E-state index contributed by atoms with van der Waals surface area (Å²) in [5.74, 6) is 1.78. The van der Waals surface area contributed by atoms with Crippen LogP contribution in [-0.2, 0) is 0 Å². The molecular formula is C18H23NO2. The van der Waals surface area contributed by atoms with Crippen molar-refractivity contribution in [2.24, 2.45) is 0 Å². The third-order valence-corrected chi connectivity index (χ3v) is 3.36. The van der Waals surface area contributed by atoms with Crippen LogP contribution in [0, 0.1) is 0 Å². The normalized spacial score (nSPS) is 12.0. The lowest BCUT2D eigenvalue weighted by Crippen LogP contribution is -2.22. The minimum Gasteiger partial charge on any atom is -0.497 e. The predicted molar refractivity (Wildman–Crippen MR) is 86.1 cm³/mol. The van der Waals surface area contributed by atoms with Crippen molar-refractivity contribution >= 4 is 0 Å². The van der Waals surface area contributed by atoms with Gasteiger partial charge in [-0.25, -0.2) is 0 Å². The van der Waals surface area contributed by atoms with Gasteiger partial charge in [-0.1, -0.05) is 31.2 Å². The number of hydrogen-bond donors (Lipinski definition) is 1. The number of nitrogens with one attached hydrogen (secondary N) is 1. The van der Waals surface area contributed by atoms with Crippen LogP contribution in [0.15, 0.2) is 48.5 Å². The van der Waals surface area contributed by atoms with Crippen LogP contribution in [0.1, 0.15) is 31.0 Å². The van der Waals surface area contributed by atoms with Gasteiger partial charge in [-0.2, -0.15) is 0 Å². The predicted octanol–water partition coefficient (Wildman–Crippen LogP) is 3.79. The Kier molecular flexibility index (Phi) is 5.64. The van der Waals surface area contributed by atoms with Gasteiger partial charge in [0.05, 0.1) is 19.8 Å². The average molecular weight is 285 g/mol. The molecule has 0 amide bonds. The van der Waals surface area contributed by atoms with E-state index in [4.69, 9.17) is 9.47 Å². The Bertz CT molecular complexity index is 551. The van der Waals surface area contributed by atoms with Crippen LogP contribution in [0.2, 0.25) is 0 Å². The average Bonchev–Trinajstić information content (AvgIpc) is 2.53. The van der Waals surface area contributed by atoms with Gasteiger partial charge in [0.25, 0.3) is 0 Å². The van der Waals surface area contributed by atoms with E-state index in [1.807, 2.05) is 31.2 Å². The van der Waals surface area contributed by atoms with Crippen LogP contribution < -0.4 is 14.8 Å². The molecule has 0 heterocycles. The molecule has 2 aromatic rings. The van der Waals surface area contributed by atoms with Crippen LogP contribution in [0.5, 0.6) is 11.5 Å². The van der Waals surface area contributed by atoms with Crippen molar-refractivity contribution in [2.45, 2.75) is 19.9 Å². The van der Waals surface area contributed by atoms with E-state index in [1.165, 1.54) is 11.1 Å². The highest BCUT2D eigenvalue weighted by atomic mass is 16.5. The molecule has 1 atom stereocenters. The summed E-state index contributed by atoms with van der Waals surface area (Å²) in [5, 5.41) is 3.53. The maximum absolute atomic E-state index is 5.60. The van der Waals surface area contributed by atoms with Gasteiger partial charge in [0.2, 0.25) is 0 Å². The number of methoxy groups -OCH3 is 1. The van der Waals surface area contributed by atoms with Gasteiger partial charge in [-0.15, -0.1) is 0 Å². The molecule has 0 spiro atoms. The number of ether oxygens (including phenoxy) is 2. The van der Waals surface area contributed by atoms with Crippen LogP contribution in [-0.4, -0.2) is 20.3 Å². The Balaban J connectivity index is 2.30. The van der Waals surface area contributed by atoms with Crippen molar-refractivity contribution < 1.29 is 9.47 Å². The van der Waals surface area contributed by atoms with Gasteiger partial charge in [0.15, 0.2) is 0 Å². The Morgan fingerprint density at radius 1 is 0.952 bits per heavy atom. The zero-order valence-electron chi connectivity index (χ0n) is 12.9. The molecule has 0 bridgehead atoms. The number of rotatable bonds is 7. The molecule has 2 rings (SSSR count). The summed E-state index contributed by atoms with van der Waals surface area (Å²) >= 11 is 0. The molecule has 0 aliphatic rings. The first-order valence-corrected chi connectivity index (χ1v) is 7.38. The molecule has 1 unspecified atom stereocenters. The van der Waals surface area contributed by atoms with Crippen molar-refractivity contribution in [1.29, 1.82) is 0 Å². The van der Waals surface area contributed by atoms with E-state index in [0.717, 1.165) is 18.0 Å². The second-order valence-corrected chi connectivity index (χ2v) is 4.77. The Morgan fingerprint density at radius 2 is 1.71 bits per heavy atom. The first-order chi connectivity index (χ1) is 10.3. The first kappa shape index (κ1) is 15.4. The van der Waals surface area contributed by atoms with Gasteiger partial charge in [-0.05, 0) is 48.9 Å². The van der Waals surface area contributed by atoms with E-state index >= 15 is 0 Å². The van der Waals surface area contributed by atoms with Crippen LogP contribution in [0.25, 0.3) is 0 Å². The van der Waals surface area contributed by atoms with E-state index in [9.17, 15) is 0 Å². The molecule has 0 fully saturated rings. The summed E-state index contributed by atoms with van der Waals surface area (Å²) in [4.78, 5) is 0. The van der Waals surface area contributed by atoms with Gasteiger partial charge in [0, 0.05) is 0 Å². The van der Waals surface area contributed by atoms with Gasteiger partial charge < -0.3 is 14.8 Å². The molecule has 3 nitrogen and oxygen atoms in total. The number of benzene rings is 2. The molecule has 0 radical (unpaired) electrons. The fourth-order valence-corrected chi connectivity index (χ4v) is 2.38. The zero-order chi connectivity index (χ0) is 15.1. The molecule has 112 valence electrons. The van der Waals surface area contributed by atoms with Crippen molar-refractivity contribution in [1.82, 2.24) is 5.32 Å². The Hall–Kier alpha value is -2.00. The van der Waals surface area contributed by atoms with Crippen LogP contribution in [0.3, 0.4) is 0 Å². The highest BCUT2D eigenvalue weighted by molar-refractivity contribution is 5.38. The minimum absolute atomic E-state index is 0.154. The number of hydrogen-bond acceptors (Lipinski definition) is 3. The second-order valence-electron chi connectivity index (χ2n) is 4.77. The third kappa shape index (κ3) is 3.99. The molecule has 0 aliphatic carbocycles. The first-order valence-electron chi connectivity index (χ1n) is 7.38. The van der Waals surface area contributed by atoms with Gasteiger partial charge in [-0.3, -0.25) is 0 Å².